The molecule has 7 heteroatoms. The van der Waals surface area contributed by atoms with Gasteiger partial charge in [0.1, 0.15) is 11.4 Å². The number of nitrogens with zero attached hydrogens (tertiary/aromatic N) is 2. The minimum Gasteiger partial charge on any atom is -0.508 e. The first-order chi connectivity index (χ1) is 11.3. The van der Waals surface area contributed by atoms with Gasteiger partial charge in [-0.1, -0.05) is 18.2 Å². The van der Waals surface area contributed by atoms with E-state index in [1.54, 1.807) is 17.0 Å². The summed E-state index contributed by atoms with van der Waals surface area (Å²) in [6.45, 7) is 0.754. The third kappa shape index (κ3) is 3.34. The Bertz CT molecular complexity index is 775. The molecule has 0 radical (unpaired) electrons. The van der Waals surface area contributed by atoms with Crippen LogP contribution in [0.1, 0.15) is 22.5 Å². The van der Waals surface area contributed by atoms with Gasteiger partial charge in [0.25, 0.3) is 0 Å². The molecule has 1 N–H and O–H groups in total. The molecule has 0 spiro atoms. The highest BCUT2D eigenvalue weighted by atomic mass is 19.4. The fourth-order valence-corrected chi connectivity index (χ4v) is 2.80. The van der Waals surface area contributed by atoms with Crippen LogP contribution in [0.4, 0.5) is 13.2 Å². The van der Waals surface area contributed by atoms with E-state index < -0.39 is 11.9 Å². The van der Waals surface area contributed by atoms with Crippen molar-refractivity contribution in [2.24, 2.45) is 0 Å². The van der Waals surface area contributed by atoms with Crippen LogP contribution < -0.4 is 0 Å². The summed E-state index contributed by atoms with van der Waals surface area (Å²) in [7, 11) is 0. The lowest BCUT2D eigenvalue weighted by atomic mass is 9.98. The van der Waals surface area contributed by atoms with E-state index in [9.17, 15) is 23.1 Å². The standard InChI is InChI=1S/C17H15F3N2O2/c18-17(19,20)15-6-2-4-12(21-15)9-16(24)22-8-7-13-11(10-22)3-1-5-14(13)23/h1-6,23H,7-10H2. The van der Waals surface area contributed by atoms with Crippen LogP contribution in [0.5, 0.6) is 5.75 Å². The second kappa shape index (κ2) is 6.14. The number of amides is 1. The topological polar surface area (TPSA) is 53.4 Å². The number of aromatic nitrogens is 1. The lowest BCUT2D eigenvalue weighted by Crippen LogP contribution is -2.37. The van der Waals surface area contributed by atoms with E-state index in [1.807, 2.05) is 6.07 Å². The molecular formula is C17H15F3N2O2. The summed E-state index contributed by atoms with van der Waals surface area (Å²) in [6.07, 6.45) is -4.19. The number of rotatable bonds is 2. The van der Waals surface area contributed by atoms with Crippen LogP contribution in [0.15, 0.2) is 36.4 Å². The minimum absolute atomic E-state index is 0.0940. The molecule has 3 rings (SSSR count). The van der Waals surface area contributed by atoms with Gasteiger partial charge >= 0.3 is 6.18 Å². The zero-order valence-electron chi connectivity index (χ0n) is 12.7. The molecule has 1 aromatic carbocycles. The number of carbonyl (C=O) groups excluding carboxylic acids is 1. The largest absolute Gasteiger partial charge is 0.508 e. The molecular weight excluding hydrogens is 321 g/mol. The van der Waals surface area contributed by atoms with Crippen LogP contribution in [0, 0.1) is 0 Å². The predicted molar refractivity (Wildman–Crippen MR) is 80.2 cm³/mol. The first-order valence-corrected chi connectivity index (χ1v) is 7.45. The molecule has 1 aromatic heterocycles. The maximum atomic E-state index is 12.7. The predicted octanol–water partition coefficient (Wildman–Crippen LogP) is 2.93. The third-order valence-electron chi connectivity index (χ3n) is 4.02. The molecule has 4 nitrogen and oxygen atoms in total. The minimum atomic E-state index is -4.53. The van der Waals surface area contributed by atoms with Gasteiger partial charge in [-0.05, 0) is 30.2 Å². The molecule has 24 heavy (non-hydrogen) atoms. The number of hydrogen-bond donors (Lipinski definition) is 1. The summed E-state index contributed by atoms with van der Waals surface area (Å²) < 4.78 is 38.0. The summed E-state index contributed by atoms with van der Waals surface area (Å²) in [4.78, 5) is 17.5. The summed E-state index contributed by atoms with van der Waals surface area (Å²) >= 11 is 0. The van der Waals surface area contributed by atoms with E-state index in [4.69, 9.17) is 0 Å². The molecule has 0 saturated heterocycles. The van der Waals surface area contributed by atoms with Gasteiger partial charge in [0, 0.05) is 18.7 Å². The Kier molecular flexibility index (Phi) is 4.17. The molecule has 2 heterocycles. The van der Waals surface area contributed by atoms with Gasteiger partial charge in [-0.3, -0.25) is 4.79 Å². The zero-order valence-corrected chi connectivity index (χ0v) is 12.7. The van der Waals surface area contributed by atoms with Gasteiger partial charge < -0.3 is 10.0 Å². The molecule has 0 fully saturated rings. The Morgan fingerprint density at radius 3 is 2.71 bits per heavy atom. The number of halogens is 3. The van der Waals surface area contributed by atoms with Gasteiger partial charge in [0.2, 0.25) is 5.91 Å². The SMILES string of the molecule is O=C(Cc1cccc(C(F)(F)F)n1)N1CCc2c(O)cccc2C1. The first-order valence-electron chi connectivity index (χ1n) is 7.45. The van der Waals surface area contributed by atoms with E-state index in [1.165, 1.54) is 12.1 Å². The van der Waals surface area contributed by atoms with Gasteiger partial charge in [-0.25, -0.2) is 4.98 Å². The molecule has 1 aliphatic heterocycles. The maximum Gasteiger partial charge on any atom is 0.433 e. The van der Waals surface area contributed by atoms with Gasteiger partial charge in [0.05, 0.1) is 12.1 Å². The summed E-state index contributed by atoms with van der Waals surface area (Å²) in [5, 5.41) is 9.80. The van der Waals surface area contributed by atoms with Gasteiger partial charge in [-0.2, -0.15) is 13.2 Å². The Hall–Kier alpha value is -2.57. The zero-order chi connectivity index (χ0) is 17.3. The van der Waals surface area contributed by atoms with Crippen LogP contribution in [0.2, 0.25) is 0 Å². The number of phenolic OH excluding ortho intramolecular Hbond substituents is 1. The molecule has 2 aromatic rings. The Morgan fingerprint density at radius 1 is 1.21 bits per heavy atom. The van der Waals surface area contributed by atoms with Crippen LogP contribution >= 0.6 is 0 Å². The van der Waals surface area contributed by atoms with Gasteiger partial charge in [-0.15, -0.1) is 0 Å². The molecule has 0 atom stereocenters. The van der Waals surface area contributed by atoms with Crippen molar-refractivity contribution < 1.29 is 23.1 Å². The molecule has 0 bridgehead atoms. The van der Waals surface area contributed by atoms with Crippen molar-refractivity contribution in [3.05, 3.63) is 58.9 Å². The smallest absolute Gasteiger partial charge is 0.433 e. The highest BCUT2D eigenvalue weighted by Gasteiger charge is 2.32. The normalized spacial score (nSPS) is 14.4. The molecule has 1 amide bonds. The number of carbonyl (C=O) groups is 1. The highest BCUT2D eigenvalue weighted by molar-refractivity contribution is 5.78. The lowest BCUT2D eigenvalue weighted by Gasteiger charge is -2.29. The van der Waals surface area contributed by atoms with Crippen molar-refractivity contribution in [3.8, 4) is 5.75 Å². The van der Waals surface area contributed by atoms with Crippen molar-refractivity contribution >= 4 is 5.91 Å². The summed E-state index contributed by atoms with van der Waals surface area (Å²) in [5.74, 6) is -0.0741. The number of aromatic hydroxyl groups is 1. The van der Waals surface area contributed by atoms with E-state index in [-0.39, 0.29) is 23.8 Å². The number of benzene rings is 1. The third-order valence-corrected chi connectivity index (χ3v) is 4.02. The first kappa shape index (κ1) is 16.3. The molecule has 126 valence electrons. The van der Waals surface area contributed by atoms with Crippen molar-refractivity contribution in [3.63, 3.8) is 0 Å². The second-order valence-corrected chi connectivity index (χ2v) is 5.67. The number of alkyl halides is 3. The second-order valence-electron chi connectivity index (χ2n) is 5.67. The van der Waals surface area contributed by atoms with E-state index in [0.717, 1.165) is 17.2 Å². The average Bonchev–Trinajstić information content (AvgIpc) is 2.54. The van der Waals surface area contributed by atoms with Crippen LogP contribution in [0.3, 0.4) is 0 Å². The average molecular weight is 336 g/mol. The number of fused-ring (bicyclic) bond motifs is 1. The molecule has 0 unspecified atom stereocenters. The van der Waals surface area contributed by atoms with Crippen molar-refractivity contribution in [2.75, 3.05) is 6.54 Å². The van der Waals surface area contributed by atoms with E-state index >= 15 is 0 Å². The summed E-state index contributed by atoms with van der Waals surface area (Å²) in [5.41, 5.74) is 0.767. The molecule has 0 aliphatic carbocycles. The lowest BCUT2D eigenvalue weighted by molar-refractivity contribution is -0.141. The number of hydrogen-bond acceptors (Lipinski definition) is 3. The van der Waals surface area contributed by atoms with Crippen molar-refractivity contribution in [1.82, 2.24) is 9.88 Å². The van der Waals surface area contributed by atoms with Crippen molar-refractivity contribution in [2.45, 2.75) is 25.6 Å². The maximum absolute atomic E-state index is 12.7. The van der Waals surface area contributed by atoms with Gasteiger partial charge in [0.15, 0.2) is 0 Å². The monoisotopic (exact) mass is 336 g/mol. The fourth-order valence-electron chi connectivity index (χ4n) is 2.80. The Balaban J connectivity index is 1.73. The highest BCUT2D eigenvalue weighted by Crippen LogP contribution is 2.28. The molecule has 0 saturated carbocycles. The summed E-state index contributed by atoms with van der Waals surface area (Å²) in [6, 6.07) is 8.68. The number of pyridine rings is 1. The van der Waals surface area contributed by atoms with Crippen molar-refractivity contribution in [1.29, 1.82) is 0 Å². The quantitative estimate of drug-likeness (QED) is 0.917. The van der Waals surface area contributed by atoms with Crippen LogP contribution in [-0.2, 0) is 30.4 Å². The van der Waals surface area contributed by atoms with E-state index in [2.05, 4.69) is 4.98 Å². The van der Waals surface area contributed by atoms with E-state index in [0.29, 0.717) is 19.5 Å². The van der Waals surface area contributed by atoms with Crippen LogP contribution in [0.25, 0.3) is 0 Å². The Morgan fingerprint density at radius 2 is 1.96 bits per heavy atom. The fraction of sp³-hybridized carbons (Fsp3) is 0.294. The Labute approximate surface area is 136 Å². The molecule has 1 aliphatic rings. The number of phenols is 1. The van der Waals surface area contributed by atoms with Crippen LogP contribution in [-0.4, -0.2) is 27.4 Å².